The highest BCUT2D eigenvalue weighted by molar-refractivity contribution is 7.21. The quantitative estimate of drug-likeness (QED) is 0.341. The Kier molecular flexibility index (Phi) is 5.12. The molecule has 0 radical (unpaired) electrons. The van der Waals surface area contributed by atoms with E-state index in [-0.39, 0.29) is 0 Å². The molecule has 158 valence electrons. The van der Waals surface area contributed by atoms with Crippen LogP contribution in [0.25, 0.3) is 32.0 Å². The van der Waals surface area contributed by atoms with Crippen molar-refractivity contribution in [2.75, 3.05) is 12.4 Å². The van der Waals surface area contributed by atoms with Gasteiger partial charge in [0.2, 0.25) is 5.88 Å². The molecule has 0 spiro atoms. The van der Waals surface area contributed by atoms with E-state index >= 15 is 0 Å². The number of benzene rings is 2. The monoisotopic (exact) mass is 442 g/mol. The van der Waals surface area contributed by atoms with Crippen LogP contribution in [-0.4, -0.2) is 28.3 Å². The van der Waals surface area contributed by atoms with Gasteiger partial charge in [0.25, 0.3) is 0 Å². The van der Waals surface area contributed by atoms with Crippen molar-refractivity contribution in [3.63, 3.8) is 0 Å². The highest BCUT2D eigenvalue weighted by atomic mass is 32.1. The smallest absolute Gasteiger partial charge is 0.342 e. The zero-order valence-electron chi connectivity index (χ0n) is 17.3. The maximum atomic E-state index is 12.5. The van der Waals surface area contributed by atoms with Crippen molar-refractivity contribution < 1.29 is 13.9 Å². The molecule has 2 aromatic carbocycles. The first-order valence-electron chi connectivity index (χ1n) is 9.88. The van der Waals surface area contributed by atoms with Crippen molar-refractivity contribution in [2.45, 2.75) is 6.92 Å². The van der Waals surface area contributed by atoms with Crippen LogP contribution in [0.2, 0.25) is 0 Å². The lowest BCUT2D eigenvalue weighted by Crippen LogP contribution is -2.04. The molecule has 0 amide bonds. The molecular formula is C24H18N4O3S. The number of carbonyl (C=O) groups excluding carboxylic acids is 1. The second-order valence-corrected chi connectivity index (χ2v) is 8.04. The number of fused-ring (bicyclic) bond motifs is 1. The number of nitrogens with one attached hydrogen (secondary N) is 1. The number of esters is 1. The molecule has 0 unspecified atom stereocenters. The molecule has 5 rings (SSSR count). The van der Waals surface area contributed by atoms with E-state index in [0.717, 1.165) is 21.5 Å². The fraction of sp³-hybridized carbons (Fsp3) is 0.0833. The van der Waals surface area contributed by atoms with Gasteiger partial charge in [-0.1, -0.05) is 42.5 Å². The lowest BCUT2D eigenvalue weighted by molar-refractivity contribution is 0.0599. The van der Waals surface area contributed by atoms with E-state index in [2.05, 4.69) is 15.5 Å². The predicted octanol–water partition coefficient (Wildman–Crippen LogP) is 5.85. The number of furan rings is 1. The Labute approximate surface area is 187 Å². The molecule has 0 aliphatic carbocycles. The Hall–Kier alpha value is -4.04. The summed E-state index contributed by atoms with van der Waals surface area (Å²) in [5.41, 5.74) is 3.46. The number of aryl methyl sites for hydroxylation is 1. The average Bonchev–Trinajstić information content (AvgIpc) is 3.40. The van der Waals surface area contributed by atoms with Gasteiger partial charge in [0, 0.05) is 5.56 Å². The molecule has 0 saturated carbocycles. The van der Waals surface area contributed by atoms with Gasteiger partial charge in [0.15, 0.2) is 5.82 Å². The van der Waals surface area contributed by atoms with Crippen LogP contribution in [0.15, 0.2) is 71.1 Å². The number of carbonyl (C=O) groups is 1. The van der Waals surface area contributed by atoms with Gasteiger partial charge in [-0.25, -0.2) is 9.78 Å². The summed E-state index contributed by atoms with van der Waals surface area (Å²) < 4.78 is 11.9. The zero-order valence-corrected chi connectivity index (χ0v) is 18.1. The second-order valence-electron chi connectivity index (χ2n) is 7.01. The summed E-state index contributed by atoms with van der Waals surface area (Å²) in [4.78, 5) is 17.3. The highest BCUT2D eigenvalue weighted by Crippen LogP contribution is 2.41. The second kappa shape index (κ2) is 8.24. The molecule has 3 heterocycles. The molecule has 3 aromatic heterocycles. The minimum atomic E-state index is -0.487. The summed E-state index contributed by atoms with van der Waals surface area (Å²) in [7, 11) is 1.35. The van der Waals surface area contributed by atoms with Crippen LogP contribution in [0, 0.1) is 6.92 Å². The van der Waals surface area contributed by atoms with Crippen molar-refractivity contribution in [1.29, 1.82) is 0 Å². The van der Waals surface area contributed by atoms with Gasteiger partial charge in [0.05, 0.1) is 28.6 Å². The molecule has 0 aliphatic heterocycles. The SMILES string of the molecule is COC(=O)c1c(C)oc(Nc2ccc(-c3ccccc3)nn2)c1-c1nc2ccccc2s1. The lowest BCUT2D eigenvalue weighted by atomic mass is 10.1. The van der Waals surface area contributed by atoms with Crippen molar-refractivity contribution in [2.24, 2.45) is 0 Å². The first-order valence-corrected chi connectivity index (χ1v) is 10.7. The Morgan fingerprint density at radius 1 is 1.00 bits per heavy atom. The van der Waals surface area contributed by atoms with Gasteiger partial charge < -0.3 is 14.5 Å². The number of anilines is 2. The number of aromatic nitrogens is 3. The Morgan fingerprint density at radius 2 is 1.78 bits per heavy atom. The number of hydrogen-bond acceptors (Lipinski definition) is 8. The number of ether oxygens (including phenoxy) is 1. The summed E-state index contributed by atoms with van der Waals surface area (Å²) in [6, 6.07) is 21.3. The summed E-state index contributed by atoms with van der Waals surface area (Å²) in [5, 5.41) is 12.4. The predicted molar refractivity (Wildman–Crippen MR) is 124 cm³/mol. The van der Waals surface area contributed by atoms with Crippen LogP contribution in [0.4, 0.5) is 11.7 Å². The molecule has 8 heteroatoms. The fourth-order valence-electron chi connectivity index (χ4n) is 3.44. The van der Waals surface area contributed by atoms with Gasteiger partial charge >= 0.3 is 5.97 Å². The minimum Gasteiger partial charge on any atom is -0.465 e. The summed E-state index contributed by atoms with van der Waals surface area (Å²) in [5.74, 6) is 0.794. The highest BCUT2D eigenvalue weighted by Gasteiger charge is 2.28. The molecule has 0 aliphatic rings. The average molecular weight is 443 g/mol. The van der Waals surface area contributed by atoms with Crippen LogP contribution in [0.3, 0.4) is 0 Å². The summed E-state index contributed by atoms with van der Waals surface area (Å²) >= 11 is 1.48. The Bertz CT molecular complexity index is 1380. The zero-order chi connectivity index (χ0) is 22.1. The first kappa shape index (κ1) is 19.9. The Balaban J connectivity index is 1.56. The molecule has 7 nitrogen and oxygen atoms in total. The van der Waals surface area contributed by atoms with E-state index in [1.807, 2.05) is 66.7 Å². The van der Waals surface area contributed by atoms with Gasteiger partial charge in [0.1, 0.15) is 16.3 Å². The number of para-hydroxylation sites is 1. The number of nitrogens with zero attached hydrogens (tertiary/aromatic N) is 3. The minimum absolute atomic E-state index is 0.336. The molecule has 0 saturated heterocycles. The van der Waals surface area contributed by atoms with Crippen LogP contribution in [0.1, 0.15) is 16.1 Å². The largest absolute Gasteiger partial charge is 0.465 e. The molecule has 0 bridgehead atoms. The van der Waals surface area contributed by atoms with E-state index in [4.69, 9.17) is 14.1 Å². The molecular weight excluding hydrogens is 424 g/mol. The van der Waals surface area contributed by atoms with Crippen molar-refractivity contribution in [3.05, 3.63) is 78.1 Å². The lowest BCUT2D eigenvalue weighted by Gasteiger charge is -2.06. The van der Waals surface area contributed by atoms with Gasteiger partial charge in [-0.3, -0.25) is 0 Å². The first-order chi connectivity index (χ1) is 15.6. The number of rotatable bonds is 5. The van der Waals surface area contributed by atoms with Crippen LogP contribution in [-0.2, 0) is 4.74 Å². The van der Waals surface area contributed by atoms with E-state index < -0.39 is 5.97 Å². The number of thiazole rings is 1. The van der Waals surface area contributed by atoms with Gasteiger partial charge in [-0.15, -0.1) is 21.5 Å². The third-order valence-corrected chi connectivity index (χ3v) is 6.01. The van der Waals surface area contributed by atoms with E-state index in [1.165, 1.54) is 18.4 Å². The third kappa shape index (κ3) is 3.61. The topological polar surface area (TPSA) is 90.1 Å². The summed E-state index contributed by atoms with van der Waals surface area (Å²) in [6.45, 7) is 1.72. The van der Waals surface area contributed by atoms with E-state index in [9.17, 15) is 4.79 Å². The van der Waals surface area contributed by atoms with Crippen molar-refractivity contribution in [1.82, 2.24) is 15.2 Å². The normalized spacial score (nSPS) is 10.9. The molecule has 0 fully saturated rings. The number of hydrogen-bond donors (Lipinski definition) is 1. The van der Waals surface area contributed by atoms with Crippen LogP contribution < -0.4 is 5.32 Å². The molecule has 1 N–H and O–H groups in total. The van der Waals surface area contributed by atoms with Crippen molar-refractivity contribution >= 4 is 39.2 Å². The number of methoxy groups -OCH3 is 1. The molecule has 5 aromatic rings. The van der Waals surface area contributed by atoms with E-state index in [0.29, 0.717) is 33.6 Å². The van der Waals surface area contributed by atoms with Gasteiger partial charge in [-0.05, 0) is 31.2 Å². The maximum Gasteiger partial charge on any atom is 0.342 e. The standard InChI is InChI=1S/C24H18N4O3S/c1-14-20(24(29)30-2)21(23-25-17-10-6-7-11-18(17)32-23)22(31-14)26-19-13-12-16(27-28-19)15-8-4-3-5-9-15/h3-13H,1-2H3,(H,26,28). The summed E-state index contributed by atoms with van der Waals surface area (Å²) in [6.07, 6.45) is 0. The third-order valence-electron chi connectivity index (χ3n) is 4.96. The van der Waals surface area contributed by atoms with Crippen LogP contribution in [0.5, 0.6) is 0 Å². The van der Waals surface area contributed by atoms with Crippen molar-refractivity contribution in [3.8, 4) is 21.8 Å². The van der Waals surface area contributed by atoms with E-state index in [1.54, 1.807) is 6.92 Å². The Morgan fingerprint density at radius 3 is 2.50 bits per heavy atom. The molecule has 0 atom stereocenters. The van der Waals surface area contributed by atoms with Gasteiger partial charge in [-0.2, -0.15) is 0 Å². The molecule has 32 heavy (non-hydrogen) atoms. The van der Waals surface area contributed by atoms with Crippen LogP contribution >= 0.6 is 11.3 Å². The fourth-order valence-corrected chi connectivity index (χ4v) is 4.46. The maximum absolute atomic E-state index is 12.5.